The van der Waals surface area contributed by atoms with Gasteiger partial charge in [0, 0.05) is 5.56 Å². The van der Waals surface area contributed by atoms with Gasteiger partial charge in [-0.05, 0) is 18.2 Å². The van der Waals surface area contributed by atoms with Crippen molar-refractivity contribution in [1.82, 2.24) is 0 Å². The molecule has 1 nitrogen and oxygen atoms in total. The van der Waals surface area contributed by atoms with Gasteiger partial charge in [-0.25, -0.2) is 4.39 Å². The molecular formula is C9H8F4O. The summed E-state index contributed by atoms with van der Waals surface area (Å²) in [6, 6.07) is 3.06. The Labute approximate surface area is 78.3 Å². The van der Waals surface area contributed by atoms with Gasteiger partial charge < -0.3 is 4.74 Å². The first-order valence-corrected chi connectivity index (χ1v) is 3.81. The summed E-state index contributed by atoms with van der Waals surface area (Å²) < 4.78 is 53.3. The van der Waals surface area contributed by atoms with Crippen LogP contribution in [0.1, 0.15) is 5.56 Å². The van der Waals surface area contributed by atoms with E-state index in [1.807, 2.05) is 0 Å². The number of methoxy groups -OCH3 is 1. The van der Waals surface area contributed by atoms with Crippen LogP contribution in [-0.2, 0) is 6.42 Å². The molecule has 0 unspecified atom stereocenters. The number of hydrogen-bond donors (Lipinski definition) is 0. The molecule has 0 aliphatic carbocycles. The molecule has 0 heterocycles. The number of rotatable bonds is 2. The summed E-state index contributed by atoms with van der Waals surface area (Å²) in [4.78, 5) is 0. The number of hydrogen-bond acceptors (Lipinski definition) is 1. The Bertz CT molecular complexity index is 319. The largest absolute Gasteiger partial charge is 0.496 e. The van der Waals surface area contributed by atoms with Gasteiger partial charge in [-0.3, -0.25) is 0 Å². The van der Waals surface area contributed by atoms with Crippen LogP contribution in [0.15, 0.2) is 18.2 Å². The second-order valence-corrected chi connectivity index (χ2v) is 2.75. The van der Waals surface area contributed by atoms with Gasteiger partial charge in [-0.1, -0.05) is 0 Å². The zero-order valence-electron chi connectivity index (χ0n) is 7.36. The van der Waals surface area contributed by atoms with Crippen LogP contribution in [0.5, 0.6) is 5.75 Å². The third kappa shape index (κ3) is 2.90. The van der Waals surface area contributed by atoms with Gasteiger partial charge in [-0.15, -0.1) is 0 Å². The minimum absolute atomic E-state index is 0.0451. The summed E-state index contributed by atoms with van der Waals surface area (Å²) in [5.41, 5.74) is -0.194. The summed E-state index contributed by atoms with van der Waals surface area (Å²) in [5, 5.41) is 0. The molecule has 0 radical (unpaired) electrons. The normalized spacial score (nSPS) is 11.5. The average molecular weight is 208 g/mol. The fourth-order valence-electron chi connectivity index (χ4n) is 1.10. The van der Waals surface area contributed by atoms with Crippen molar-refractivity contribution in [3.05, 3.63) is 29.6 Å². The highest BCUT2D eigenvalue weighted by molar-refractivity contribution is 5.34. The summed E-state index contributed by atoms with van der Waals surface area (Å²) in [7, 11) is 1.24. The molecule has 0 aliphatic heterocycles. The molecule has 0 atom stereocenters. The molecular weight excluding hydrogens is 200 g/mol. The molecule has 5 heteroatoms. The Kier molecular flexibility index (Phi) is 2.98. The maximum absolute atomic E-state index is 12.6. The van der Waals surface area contributed by atoms with Crippen LogP contribution in [-0.4, -0.2) is 13.3 Å². The minimum atomic E-state index is -4.36. The van der Waals surface area contributed by atoms with Gasteiger partial charge in [0.1, 0.15) is 11.6 Å². The second-order valence-electron chi connectivity index (χ2n) is 2.75. The lowest BCUT2D eigenvalue weighted by Crippen LogP contribution is -2.12. The first-order valence-electron chi connectivity index (χ1n) is 3.81. The monoisotopic (exact) mass is 208 g/mol. The molecule has 14 heavy (non-hydrogen) atoms. The quantitative estimate of drug-likeness (QED) is 0.679. The van der Waals surface area contributed by atoms with E-state index in [1.54, 1.807) is 0 Å². The van der Waals surface area contributed by atoms with Crippen molar-refractivity contribution in [2.45, 2.75) is 12.6 Å². The zero-order valence-corrected chi connectivity index (χ0v) is 7.36. The lowest BCUT2D eigenvalue weighted by atomic mass is 10.1. The molecule has 78 valence electrons. The van der Waals surface area contributed by atoms with Crippen molar-refractivity contribution in [2.24, 2.45) is 0 Å². The third-order valence-electron chi connectivity index (χ3n) is 1.63. The molecule has 0 aromatic heterocycles. The van der Waals surface area contributed by atoms with Crippen molar-refractivity contribution in [1.29, 1.82) is 0 Å². The molecule has 0 amide bonds. The van der Waals surface area contributed by atoms with Crippen LogP contribution < -0.4 is 4.74 Å². The van der Waals surface area contributed by atoms with Crippen molar-refractivity contribution in [3.63, 3.8) is 0 Å². The van der Waals surface area contributed by atoms with E-state index in [0.29, 0.717) is 0 Å². The topological polar surface area (TPSA) is 9.23 Å². The van der Waals surface area contributed by atoms with Crippen LogP contribution in [0.25, 0.3) is 0 Å². The van der Waals surface area contributed by atoms with Crippen molar-refractivity contribution in [3.8, 4) is 5.75 Å². The van der Waals surface area contributed by atoms with E-state index in [9.17, 15) is 17.6 Å². The van der Waals surface area contributed by atoms with E-state index in [4.69, 9.17) is 0 Å². The van der Waals surface area contributed by atoms with E-state index in [-0.39, 0.29) is 11.3 Å². The molecule has 0 bridgehead atoms. The van der Waals surface area contributed by atoms with Crippen molar-refractivity contribution in [2.75, 3.05) is 7.11 Å². The lowest BCUT2D eigenvalue weighted by Gasteiger charge is -2.10. The molecule has 0 spiro atoms. The van der Waals surface area contributed by atoms with Crippen LogP contribution in [0.4, 0.5) is 17.6 Å². The third-order valence-corrected chi connectivity index (χ3v) is 1.63. The standard InChI is InChI=1S/C9H8F4O/c1-14-8-3-2-7(10)4-6(8)5-9(11,12)13/h2-4H,5H2,1H3. The van der Waals surface area contributed by atoms with Crippen molar-refractivity contribution >= 4 is 0 Å². The van der Waals surface area contributed by atoms with Crippen molar-refractivity contribution < 1.29 is 22.3 Å². The van der Waals surface area contributed by atoms with Gasteiger partial charge in [0.05, 0.1) is 13.5 Å². The highest BCUT2D eigenvalue weighted by Gasteiger charge is 2.29. The predicted octanol–water partition coefficient (Wildman–Crippen LogP) is 2.94. The fourth-order valence-corrected chi connectivity index (χ4v) is 1.10. The maximum atomic E-state index is 12.6. The number of benzene rings is 1. The highest BCUT2D eigenvalue weighted by atomic mass is 19.4. The smallest absolute Gasteiger partial charge is 0.393 e. The Morgan fingerprint density at radius 3 is 2.43 bits per heavy atom. The molecule has 0 fully saturated rings. The molecule has 0 N–H and O–H groups in total. The Morgan fingerprint density at radius 2 is 1.93 bits per heavy atom. The Hall–Kier alpha value is -1.26. The average Bonchev–Trinajstić information content (AvgIpc) is 2.01. The first kappa shape index (κ1) is 10.8. The minimum Gasteiger partial charge on any atom is -0.496 e. The SMILES string of the molecule is COc1ccc(F)cc1CC(F)(F)F. The summed E-state index contributed by atoms with van der Waals surface area (Å²) >= 11 is 0. The molecule has 1 rings (SSSR count). The first-order chi connectivity index (χ1) is 6.42. The van der Waals surface area contributed by atoms with Gasteiger partial charge in [0.25, 0.3) is 0 Å². The Balaban J connectivity index is 2.99. The predicted molar refractivity (Wildman–Crippen MR) is 42.7 cm³/mol. The summed E-state index contributed by atoms with van der Waals surface area (Å²) in [5.74, 6) is -0.659. The molecule has 0 aliphatic rings. The molecule has 1 aromatic rings. The van der Waals surface area contributed by atoms with E-state index < -0.39 is 18.4 Å². The van der Waals surface area contributed by atoms with Crippen LogP contribution in [0, 0.1) is 5.82 Å². The van der Waals surface area contributed by atoms with Gasteiger partial charge in [0.2, 0.25) is 0 Å². The van der Waals surface area contributed by atoms with Crippen LogP contribution in [0.3, 0.4) is 0 Å². The molecule has 0 saturated carbocycles. The van der Waals surface area contributed by atoms with E-state index in [1.165, 1.54) is 13.2 Å². The summed E-state index contributed by atoms with van der Waals surface area (Å²) in [6.07, 6.45) is -5.55. The molecule has 0 saturated heterocycles. The number of halogens is 4. The maximum Gasteiger partial charge on any atom is 0.393 e. The zero-order chi connectivity index (χ0) is 10.8. The Morgan fingerprint density at radius 1 is 1.29 bits per heavy atom. The molecule has 1 aromatic carbocycles. The van der Waals surface area contributed by atoms with Gasteiger partial charge in [0.15, 0.2) is 0 Å². The van der Waals surface area contributed by atoms with E-state index >= 15 is 0 Å². The van der Waals surface area contributed by atoms with E-state index in [0.717, 1.165) is 12.1 Å². The van der Waals surface area contributed by atoms with E-state index in [2.05, 4.69) is 4.74 Å². The second kappa shape index (κ2) is 3.86. The summed E-state index contributed by atoms with van der Waals surface area (Å²) in [6.45, 7) is 0. The number of ether oxygens (including phenoxy) is 1. The van der Waals surface area contributed by atoms with Gasteiger partial charge in [-0.2, -0.15) is 13.2 Å². The highest BCUT2D eigenvalue weighted by Crippen LogP contribution is 2.27. The number of alkyl halides is 3. The van der Waals surface area contributed by atoms with Crippen LogP contribution in [0.2, 0.25) is 0 Å². The van der Waals surface area contributed by atoms with Crippen LogP contribution >= 0.6 is 0 Å². The fraction of sp³-hybridized carbons (Fsp3) is 0.333. The lowest BCUT2D eigenvalue weighted by molar-refractivity contribution is -0.127. The van der Waals surface area contributed by atoms with Gasteiger partial charge >= 0.3 is 6.18 Å².